The third-order valence-electron chi connectivity index (χ3n) is 3.42. The Morgan fingerprint density at radius 1 is 1.05 bits per heavy atom. The van der Waals surface area contributed by atoms with Crippen LogP contribution in [0.5, 0.6) is 0 Å². The molecule has 0 spiro atoms. The molecule has 4 heteroatoms. The first-order valence-electron chi connectivity index (χ1n) is 7.15. The van der Waals surface area contributed by atoms with Crippen LogP contribution >= 0.6 is 0 Å². The topological polar surface area (TPSA) is 58.2 Å². The van der Waals surface area contributed by atoms with E-state index in [0.29, 0.717) is 6.42 Å². The van der Waals surface area contributed by atoms with Gasteiger partial charge in [-0.15, -0.1) is 0 Å². The Morgan fingerprint density at radius 3 is 2.48 bits per heavy atom. The predicted molar refractivity (Wildman–Crippen MR) is 83.8 cm³/mol. The fourth-order valence-corrected chi connectivity index (χ4v) is 2.16. The van der Waals surface area contributed by atoms with Gasteiger partial charge in [-0.05, 0) is 29.3 Å². The van der Waals surface area contributed by atoms with Crippen molar-refractivity contribution in [3.8, 4) is 0 Å². The zero-order chi connectivity index (χ0) is 15.2. The van der Waals surface area contributed by atoms with Crippen molar-refractivity contribution in [3.63, 3.8) is 0 Å². The van der Waals surface area contributed by atoms with E-state index < -0.39 is 0 Å². The van der Waals surface area contributed by atoms with Crippen LogP contribution in [0.4, 0.5) is 0 Å². The average Bonchev–Trinajstić information content (AvgIpc) is 2.52. The van der Waals surface area contributed by atoms with Crippen LogP contribution in [0.25, 0.3) is 10.8 Å². The fraction of sp³-hybridized carbons (Fsp3) is 0.294. The van der Waals surface area contributed by atoms with Crippen LogP contribution in [-0.2, 0) is 9.59 Å². The van der Waals surface area contributed by atoms with Gasteiger partial charge >= 0.3 is 0 Å². The van der Waals surface area contributed by atoms with E-state index in [-0.39, 0.29) is 24.4 Å². The lowest BCUT2D eigenvalue weighted by Crippen LogP contribution is -2.37. The van der Waals surface area contributed by atoms with Gasteiger partial charge in [-0.2, -0.15) is 0 Å². The minimum absolute atomic E-state index is 0.0184. The molecule has 0 heterocycles. The zero-order valence-corrected chi connectivity index (χ0v) is 12.3. The highest BCUT2D eigenvalue weighted by atomic mass is 16.2. The third kappa shape index (κ3) is 4.05. The van der Waals surface area contributed by atoms with Crippen molar-refractivity contribution >= 4 is 22.6 Å². The SMILES string of the molecule is CCC(=O)NCC(=O)N[C@@H](C)c1ccc2ccccc2c1. The predicted octanol–water partition coefficient (Wildman–Crippen LogP) is 2.54. The third-order valence-corrected chi connectivity index (χ3v) is 3.42. The van der Waals surface area contributed by atoms with Crippen molar-refractivity contribution in [2.75, 3.05) is 6.54 Å². The Hall–Kier alpha value is -2.36. The summed E-state index contributed by atoms with van der Waals surface area (Å²) in [6.45, 7) is 3.71. The molecule has 110 valence electrons. The smallest absolute Gasteiger partial charge is 0.239 e. The van der Waals surface area contributed by atoms with Crippen LogP contribution in [0.2, 0.25) is 0 Å². The molecule has 2 rings (SSSR count). The van der Waals surface area contributed by atoms with Crippen molar-refractivity contribution in [3.05, 3.63) is 48.0 Å². The Kier molecular flexibility index (Phi) is 4.93. The van der Waals surface area contributed by atoms with E-state index in [9.17, 15) is 9.59 Å². The second-order valence-corrected chi connectivity index (χ2v) is 5.03. The molecule has 0 saturated heterocycles. The van der Waals surface area contributed by atoms with Gasteiger partial charge in [0.15, 0.2) is 0 Å². The Balaban J connectivity index is 1.99. The molecule has 2 N–H and O–H groups in total. The number of hydrogen-bond acceptors (Lipinski definition) is 2. The standard InChI is InChI=1S/C17H20N2O2/c1-3-16(20)18-11-17(21)19-12(2)14-9-8-13-6-4-5-7-15(13)10-14/h4-10,12H,3,11H2,1-2H3,(H,18,20)(H,19,21)/t12-/m0/s1. The van der Waals surface area contributed by atoms with Gasteiger partial charge in [0.1, 0.15) is 0 Å². The lowest BCUT2D eigenvalue weighted by atomic mass is 10.0. The molecule has 0 aliphatic heterocycles. The summed E-state index contributed by atoms with van der Waals surface area (Å²) in [4.78, 5) is 22.9. The lowest BCUT2D eigenvalue weighted by molar-refractivity contribution is -0.126. The van der Waals surface area contributed by atoms with Gasteiger partial charge in [0.2, 0.25) is 11.8 Å². The molecule has 0 aromatic heterocycles. The molecule has 1 atom stereocenters. The lowest BCUT2D eigenvalue weighted by Gasteiger charge is -2.15. The molecule has 0 unspecified atom stereocenters. The van der Waals surface area contributed by atoms with Gasteiger partial charge in [0, 0.05) is 6.42 Å². The summed E-state index contributed by atoms with van der Waals surface area (Å²) in [6.07, 6.45) is 0.382. The molecule has 2 amide bonds. The molecular weight excluding hydrogens is 264 g/mol. The first-order valence-corrected chi connectivity index (χ1v) is 7.15. The normalized spacial score (nSPS) is 11.9. The summed E-state index contributed by atoms with van der Waals surface area (Å²) in [5.74, 6) is -0.305. The van der Waals surface area contributed by atoms with E-state index in [1.807, 2.05) is 31.2 Å². The molecule has 0 radical (unpaired) electrons. The molecular formula is C17H20N2O2. The van der Waals surface area contributed by atoms with Crippen molar-refractivity contribution in [2.24, 2.45) is 0 Å². The highest BCUT2D eigenvalue weighted by Crippen LogP contribution is 2.20. The number of carbonyl (C=O) groups is 2. The summed E-state index contributed by atoms with van der Waals surface area (Å²) < 4.78 is 0. The number of amides is 2. The van der Waals surface area contributed by atoms with Crippen LogP contribution < -0.4 is 10.6 Å². The van der Waals surface area contributed by atoms with E-state index in [0.717, 1.165) is 10.9 Å². The van der Waals surface area contributed by atoms with Gasteiger partial charge in [0.05, 0.1) is 12.6 Å². The maximum atomic E-state index is 11.8. The Morgan fingerprint density at radius 2 is 1.76 bits per heavy atom. The van der Waals surface area contributed by atoms with E-state index in [1.54, 1.807) is 6.92 Å². The minimum Gasteiger partial charge on any atom is -0.348 e. The maximum absolute atomic E-state index is 11.8. The number of hydrogen-bond donors (Lipinski definition) is 2. The van der Waals surface area contributed by atoms with Crippen LogP contribution in [0.3, 0.4) is 0 Å². The summed E-state index contributed by atoms with van der Waals surface area (Å²) in [6, 6.07) is 14.1. The minimum atomic E-state index is -0.183. The quantitative estimate of drug-likeness (QED) is 0.886. The highest BCUT2D eigenvalue weighted by Gasteiger charge is 2.10. The van der Waals surface area contributed by atoms with Crippen molar-refractivity contribution in [1.82, 2.24) is 10.6 Å². The number of nitrogens with one attached hydrogen (secondary N) is 2. The van der Waals surface area contributed by atoms with E-state index in [2.05, 4.69) is 28.8 Å². The molecule has 4 nitrogen and oxygen atoms in total. The fourth-order valence-electron chi connectivity index (χ4n) is 2.16. The van der Waals surface area contributed by atoms with Gasteiger partial charge in [-0.1, -0.05) is 43.3 Å². The van der Waals surface area contributed by atoms with Crippen molar-refractivity contribution in [2.45, 2.75) is 26.3 Å². The summed E-state index contributed by atoms with van der Waals surface area (Å²) in [5.41, 5.74) is 1.05. The van der Waals surface area contributed by atoms with Gasteiger partial charge < -0.3 is 10.6 Å². The zero-order valence-electron chi connectivity index (χ0n) is 12.3. The number of carbonyl (C=O) groups excluding carboxylic acids is 2. The molecule has 0 aliphatic carbocycles. The monoisotopic (exact) mass is 284 g/mol. The average molecular weight is 284 g/mol. The highest BCUT2D eigenvalue weighted by molar-refractivity contribution is 5.85. The summed E-state index contributed by atoms with van der Waals surface area (Å²) in [7, 11) is 0. The van der Waals surface area contributed by atoms with Gasteiger partial charge in [-0.25, -0.2) is 0 Å². The summed E-state index contributed by atoms with van der Waals surface area (Å²) in [5, 5.41) is 7.78. The molecule has 0 aliphatic rings. The van der Waals surface area contributed by atoms with E-state index in [1.165, 1.54) is 5.39 Å². The van der Waals surface area contributed by atoms with Crippen molar-refractivity contribution in [1.29, 1.82) is 0 Å². The Bertz CT molecular complexity index is 652. The number of fused-ring (bicyclic) bond motifs is 1. The molecule has 0 saturated carbocycles. The molecule has 0 bridgehead atoms. The van der Waals surface area contributed by atoms with Crippen LogP contribution in [-0.4, -0.2) is 18.4 Å². The second-order valence-electron chi connectivity index (χ2n) is 5.03. The van der Waals surface area contributed by atoms with Gasteiger partial charge in [0.25, 0.3) is 0 Å². The molecule has 21 heavy (non-hydrogen) atoms. The Labute approximate surface area is 124 Å². The number of rotatable bonds is 5. The number of benzene rings is 2. The van der Waals surface area contributed by atoms with E-state index >= 15 is 0 Å². The maximum Gasteiger partial charge on any atom is 0.239 e. The van der Waals surface area contributed by atoms with Crippen LogP contribution in [0.15, 0.2) is 42.5 Å². The largest absolute Gasteiger partial charge is 0.348 e. The van der Waals surface area contributed by atoms with Crippen LogP contribution in [0, 0.1) is 0 Å². The van der Waals surface area contributed by atoms with Gasteiger partial charge in [-0.3, -0.25) is 9.59 Å². The molecule has 2 aromatic rings. The first kappa shape index (κ1) is 15.0. The van der Waals surface area contributed by atoms with E-state index in [4.69, 9.17) is 0 Å². The second kappa shape index (κ2) is 6.88. The van der Waals surface area contributed by atoms with Crippen molar-refractivity contribution < 1.29 is 9.59 Å². The molecule has 2 aromatic carbocycles. The summed E-state index contributed by atoms with van der Waals surface area (Å²) >= 11 is 0. The molecule has 0 fully saturated rings. The van der Waals surface area contributed by atoms with Crippen LogP contribution in [0.1, 0.15) is 31.9 Å². The first-order chi connectivity index (χ1) is 10.1.